The minimum absolute atomic E-state index is 0.115. The van der Waals surface area contributed by atoms with Gasteiger partial charge < -0.3 is 5.32 Å². The van der Waals surface area contributed by atoms with Crippen molar-refractivity contribution in [2.75, 3.05) is 6.54 Å². The number of hydrogen-bond acceptors (Lipinski definition) is 1. The molecule has 19 heavy (non-hydrogen) atoms. The van der Waals surface area contributed by atoms with E-state index >= 15 is 0 Å². The first-order chi connectivity index (χ1) is 9.20. The maximum absolute atomic E-state index is 13.2. The zero-order valence-electron chi connectivity index (χ0n) is 11.8. The third kappa shape index (κ3) is 2.84. The highest BCUT2D eigenvalue weighted by Crippen LogP contribution is 2.45. The Balaban J connectivity index is 1.84. The molecule has 1 aromatic rings. The van der Waals surface area contributed by atoms with Crippen LogP contribution in [0.1, 0.15) is 49.7 Å². The molecular weight excluding hydrogens is 237 g/mol. The Kier molecular flexibility index (Phi) is 3.62. The van der Waals surface area contributed by atoms with E-state index in [-0.39, 0.29) is 5.82 Å². The van der Waals surface area contributed by atoms with E-state index in [9.17, 15) is 4.39 Å². The van der Waals surface area contributed by atoms with E-state index < -0.39 is 0 Å². The molecule has 2 heteroatoms. The predicted molar refractivity (Wildman–Crippen MR) is 76.8 cm³/mol. The summed E-state index contributed by atoms with van der Waals surface area (Å²) < 4.78 is 13.2. The lowest BCUT2D eigenvalue weighted by molar-refractivity contribution is 0.270. The fraction of sp³-hybridized carbons (Fsp3) is 0.647. The van der Waals surface area contributed by atoms with Crippen LogP contribution in [-0.2, 0) is 6.42 Å². The molecule has 1 saturated carbocycles. The zero-order valence-corrected chi connectivity index (χ0v) is 11.8. The van der Waals surface area contributed by atoms with Crippen LogP contribution in [-0.4, -0.2) is 12.1 Å². The Hall–Kier alpha value is -0.890. The predicted octanol–water partition coefficient (Wildman–Crippen LogP) is 3.99. The number of halogens is 1. The fourth-order valence-corrected chi connectivity index (χ4v) is 3.65. The van der Waals surface area contributed by atoms with Gasteiger partial charge in [-0.25, -0.2) is 4.39 Å². The van der Waals surface area contributed by atoms with E-state index in [0.29, 0.717) is 5.54 Å². The van der Waals surface area contributed by atoms with Gasteiger partial charge in [0.1, 0.15) is 5.82 Å². The second kappa shape index (κ2) is 5.24. The van der Waals surface area contributed by atoms with Crippen LogP contribution in [0.5, 0.6) is 0 Å². The van der Waals surface area contributed by atoms with Gasteiger partial charge in [-0.1, -0.05) is 18.9 Å². The molecule has 0 aromatic heterocycles. The molecule has 1 saturated heterocycles. The molecule has 2 aliphatic rings. The van der Waals surface area contributed by atoms with Crippen molar-refractivity contribution in [3.8, 4) is 0 Å². The minimum Gasteiger partial charge on any atom is -0.311 e. The number of benzene rings is 1. The van der Waals surface area contributed by atoms with Crippen LogP contribution in [0.2, 0.25) is 0 Å². The average molecular weight is 261 g/mol. The molecule has 1 aliphatic carbocycles. The lowest BCUT2D eigenvalue weighted by atomic mass is 9.81. The third-order valence-electron chi connectivity index (χ3n) is 4.95. The molecule has 1 unspecified atom stereocenters. The quantitative estimate of drug-likeness (QED) is 0.867. The first-order valence-corrected chi connectivity index (χ1v) is 7.70. The summed E-state index contributed by atoms with van der Waals surface area (Å²) in [5.74, 6) is 0.727. The summed E-state index contributed by atoms with van der Waals surface area (Å²) in [4.78, 5) is 0. The Bertz CT molecular complexity index is 443. The van der Waals surface area contributed by atoms with Crippen molar-refractivity contribution in [2.24, 2.45) is 5.92 Å². The summed E-state index contributed by atoms with van der Waals surface area (Å²) in [5, 5.41) is 3.85. The summed E-state index contributed by atoms with van der Waals surface area (Å²) in [5.41, 5.74) is 2.72. The topological polar surface area (TPSA) is 12.0 Å². The molecule has 104 valence electrons. The molecule has 1 nitrogen and oxygen atoms in total. The van der Waals surface area contributed by atoms with Gasteiger partial charge in [0.2, 0.25) is 0 Å². The lowest BCUT2D eigenvalue weighted by Crippen LogP contribution is -2.48. The zero-order chi connectivity index (χ0) is 13.3. The van der Waals surface area contributed by atoms with Crippen molar-refractivity contribution < 1.29 is 4.39 Å². The Morgan fingerprint density at radius 3 is 2.84 bits per heavy atom. The van der Waals surface area contributed by atoms with Crippen molar-refractivity contribution >= 4 is 0 Å². The van der Waals surface area contributed by atoms with E-state index in [1.165, 1.54) is 44.1 Å². The van der Waals surface area contributed by atoms with Crippen molar-refractivity contribution in [2.45, 2.75) is 57.4 Å². The van der Waals surface area contributed by atoms with Crippen molar-refractivity contribution in [3.63, 3.8) is 0 Å². The summed E-state index contributed by atoms with van der Waals surface area (Å²) in [6, 6.07) is 5.27. The highest BCUT2D eigenvalue weighted by atomic mass is 19.1. The van der Waals surface area contributed by atoms with Gasteiger partial charge in [0.15, 0.2) is 0 Å². The molecule has 0 bridgehead atoms. The third-order valence-corrected chi connectivity index (χ3v) is 4.95. The molecule has 1 aliphatic heterocycles. The molecule has 0 amide bonds. The molecule has 1 aromatic carbocycles. The van der Waals surface area contributed by atoms with Crippen LogP contribution in [0, 0.1) is 18.7 Å². The minimum atomic E-state index is -0.115. The molecular formula is C17H24FN. The molecule has 1 atom stereocenters. The van der Waals surface area contributed by atoms with E-state index in [1.807, 2.05) is 13.0 Å². The number of aryl methyl sites for hydroxylation is 1. The van der Waals surface area contributed by atoms with Gasteiger partial charge in [-0.15, -0.1) is 0 Å². The van der Waals surface area contributed by atoms with Gasteiger partial charge in [-0.2, -0.15) is 0 Å². The van der Waals surface area contributed by atoms with Gasteiger partial charge in [-0.05, 0) is 74.8 Å². The fourth-order valence-electron chi connectivity index (χ4n) is 3.65. The molecule has 3 rings (SSSR count). The van der Waals surface area contributed by atoms with E-state index in [1.54, 1.807) is 12.1 Å². The largest absolute Gasteiger partial charge is 0.311 e. The maximum Gasteiger partial charge on any atom is 0.123 e. The number of hydrogen-bond donors (Lipinski definition) is 1. The molecule has 0 radical (unpaired) electrons. The summed E-state index contributed by atoms with van der Waals surface area (Å²) in [7, 11) is 0. The summed E-state index contributed by atoms with van der Waals surface area (Å²) in [6.07, 6.45) is 9.09. The van der Waals surface area contributed by atoms with Crippen LogP contribution >= 0.6 is 0 Å². The summed E-state index contributed by atoms with van der Waals surface area (Å²) in [6.45, 7) is 3.19. The van der Waals surface area contributed by atoms with Gasteiger partial charge >= 0.3 is 0 Å². The highest BCUT2D eigenvalue weighted by Gasteiger charge is 2.44. The Morgan fingerprint density at radius 2 is 2.11 bits per heavy atom. The summed E-state index contributed by atoms with van der Waals surface area (Å²) >= 11 is 0. The van der Waals surface area contributed by atoms with Crippen molar-refractivity contribution in [1.29, 1.82) is 0 Å². The second-order valence-electron chi connectivity index (χ2n) is 6.42. The first-order valence-electron chi connectivity index (χ1n) is 7.70. The van der Waals surface area contributed by atoms with Crippen LogP contribution in [0.4, 0.5) is 4.39 Å². The van der Waals surface area contributed by atoms with Crippen molar-refractivity contribution in [1.82, 2.24) is 5.32 Å². The molecule has 0 spiro atoms. The van der Waals surface area contributed by atoms with Gasteiger partial charge in [0.25, 0.3) is 0 Å². The van der Waals surface area contributed by atoms with Gasteiger partial charge in [0, 0.05) is 5.54 Å². The van der Waals surface area contributed by atoms with Crippen LogP contribution in [0.3, 0.4) is 0 Å². The Morgan fingerprint density at radius 1 is 1.26 bits per heavy atom. The van der Waals surface area contributed by atoms with Gasteiger partial charge in [-0.3, -0.25) is 0 Å². The smallest absolute Gasteiger partial charge is 0.123 e. The maximum atomic E-state index is 13.2. The average Bonchev–Trinajstić information content (AvgIpc) is 3.19. The molecule has 1 heterocycles. The second-order valence-corrected chi connectivity index (χ2v) is 6.42. The highest BCUT2D eigenvalue weighted by molar-refractivity contribution is 5.29. The first kappa shape index (κ1) is 13.1. The molecule has 2 fully saturated rings. The van der Waals surface area contributed by atoms with E-state index in [0.717, 1.165) is 24.4 Å². The lowest BCUT2D eigenvalue weighted by Gasteiger charge is -2.35. The SMILES string of the molecule is Cc1cc(F)ccc1CC1(C2CC2)CCCCCN1. The number of rotatable bonds is 3. The van der Waals surface area contributed by atoms with E-state index in [2.05, 4.69) is 5.32 Å². The molecule has 1 N–H and O–H groups in total. The van der Waals surface area contributed by atoms with Crippen molar-refractivity contribution in [3.05, 3.63) is 35.1 Å². The van der Waals surface area contributed by atoms with Crippen LogP contribution in [0.25, 0.3) is 0 Å². The standard InChI is InChI=1S/C17H24FN/c1-13-11-16(18)8-5-14(13)12-17(15-6-7-15)9-3-2-4-10-19-17/h5,8,11,15,19H,2-4,6-7,9-10,12H2,1H3. The Labute approximate surface area is 115 Å². The van der Waals surface area contributed by atoms with Gasteiger partial charge in [0.05, 0.1) is 0 Å². The van der Waals surface area contributed by atoms with Crippen LogP contribution < -0.4 is 5.32 Å². The van der Waals surface area contributed by atoms with Crippen LogP contribution in [0.15, 0.2) is 18.2 Å². The monoisotopic (exact) mass is 261 g/mol. The normalized spacial score (nSPS) is 28.1. The number of nitrogens with one attached hydrogen (secondary N) is 1. The van der Waals surface area contributed by atoms with E-state index in [4.69, 9.17) is 0 Å².